The molecule has 7 rings (SSSR count). The van der Waals surface area contributed by atoms with Crippen molar-refractivity contribution in [2.24, 2.45) is 0 Å². The Bertz CT molecular complexity index is 1770. The van der Waals surface area contributed by atoms with Crippen molar-refractivity contribution >= 4 is 32.3 Å². The lowest BCUT2D eigenvalue weighted by atomic mass is 9.87. The number of nitrogens with zero attached hydrogens (tertiary/aromatic N) is 2. The quantitative estimate of drug-likeness (QED) is 0.262. The zero-order chi connectivity index (χ0) is 22.5. The minimum atomic E-state index is 1.01. The molecule has 0 atom stereocenters. The zero-order valence-electron chi connectivity index (χ0n) is 18.4. The van der Waals surface area contributed by atoms with E-state index in [1.54, 1.807) is 0 Å². The molecule has 158 valence electrons. The normalized spacial score (nSPS) is 11.5. The monoisotopic (exact) mass is 432 g/mol. The second-order valence-electron chi connectivity index (χ2n) is 8.68. The van der Waals surface area contributed by atoms with E-state index in [-0.39, 0.29) is 0 Å². The van der Waals surface area contributed by atoms with Gasteiger partial charge in [0.15, 0.2) is 0 Å². The molecule has 0 aliphatic rings. The Balaban J connectivity index is 1.46. The summed E-state index contributed by atoms with van der Waals surface area (Å²) < 4.78 is 0. The molecule has 0 spiro atoms. The maximum Gasteiger partial charge on any atom is 0.0708 e. The lowest BCUT2D eigenvalue weighted by Gasteiger charge is -2.16. The third-order valence-electron chi connectivity index (χ3n) is 6.82. The first kappa shape index (κ1) is 19.0. The number of hydrogen-bond acceptors (Lipinski definition) is 2. The van der Waals surface area contributed by atoms with E-state index in [1.807, 2.05) is 42.9 Å². The highest BCUT2D eigenvalue weighted by Crippen LogP contribution is 2.42. The second-order valence-corrected chi connectivity index (χ2v) is 8.68. The summed E-state index contributed by atoms with van der Waals surface area (Å²) in [6.45, 7) is 0. The van der Waals surface area contributed by atoms with Crippen LogP contribution in [0, 0.1) is 0 Å². The van der Waals surface area contributed by atoms with Gasteiger partial charge < -0.3 is 0 Å². The minimum absolute atomic E-state index is 1.01. The van der Waals surface area contributed by atoms with Crippen molar-refractivity contribution in [1.29, 1.82) is 0 Å². The van der Waals surface area contributed by atoms with Crippen LogP contribution in [-0.2, 0) is 0 Å². The van der Waals surface area contributed by atoms with Gasteiger partial charge >= 0.3 is 0 Å². The van der Waals surface area contributed by atoms with Crippen LogP contribution in [0.3, 0.4) is 0 Å². The van der Waals surface area contributed by atoms with Crippen LogP contribution in [0.1, 0.15) is 0 Å². The molecule has 0 unspecified atom stereocenters. The smallest absolute Gasteiger partial charge is 0.0708 e. The van der Waals surface area contributed by atoms with Crippen molar-refractivity contribution in [3.05, 3.63) is 122 Å². The average molecular weight is 433 g/mol. The number of benzene rings is 5. The Morgan fingerprint density at radius 3 is 1.68 bits per heavy atom. The molecule has 34 heavy (non-hydrogen) atoms. The summed E-state index contributed by atoms with van der Waals surface area (Å²) in [6, 6.07) is 37.0. The van der Waals surface area contributed by atoms with Crippen molar-refractivity contribution in [2.75, 3.05) is 0 Å². The van der Waals surface area contributed by atoms with Crippen molar-refractivity contribution in [3.8, 4) is 33.5 Å². The zero-order valence-corrected chi connectivity index (χ0v) is 18.4. The third-order valence-corrected chi connectivity index (χ3v) is 6.82. The van der Waals surface area contributed by atoms with Crippen LogP contribution in [0.15, 0.2) is 122 Å². The van der Waals surface area contributed by atoms with Gasteiger partial charge in [-0.2, -0.15) is 0 Å². The summed E-state index contributed by atoms with van der Waals surface area (Å²) >= 11 is 0. The van der Waals surface area contributed by atoms with Gasteiger partial charge in [0.25, 0.3) is 0 Å². The Morgan fingerprint density at radius 2 is 1.00 bits per heavy atom. The van der Waals surface area contributed by atoms with Crippen LogP contribution >= 0.6 is 0 Å². The van der Waals surface area contributed by atoms with Crippen LogP contribution in [0.2, 0.25) is 0 Å². The molecule has 0 aliphatic carbocycles. The lowest BCUT2D eigenvalue weighted by molar-refractivity contribution is 1.33. The Morgan fingerprint density at radius 1 is 0.412 bits per heavy atom. The summed E-state index contributed by atoms with van der Waals surface area (Å²) in [5.41, 5.74) is 7.04. The molecular formula is C32H20N2. The molecule has 2 aromatic heterocycles. The van der Waals surface area contributed by atoms with Crippen LogP contribution in [0.5, 0.6) is 0 Å². The minimum Gasteiger partial charge on any atom is -0.265 e. The second kappa shape index (κ2) is 7.50. The Kier molecular flexibility index (Phi) is 4.18. The predicted octanol–water partition coefficient (Wildman–Crippen LogP) is 8.38. The van der Waals surface area contributed by atoms with Crippen molar-refractivity contribution in [1.82, 2.24) is 9.97 Å². The topological polar surface area (TPSA) is 25.8 Å². The first-order valence-corrected chi connectivity index (χ1v) is 11.5. The van der Waals surface area contributed by atoms with Crippen LogP contribution in [0.25, 0.3) is 65.8 Å². The number of pyridine rings is 2. The van der Waals surface area contributed by atoms with Crippen LogP contribution < -0.4 is 0 Å². The van der Waals surface area contributed by atoms with Gasteiger partial charge in [-0.1, -0.05) is 78.9 Å². The number of hydrogen-bond donors (Lipinski definition) is 0. The highest BCUT2D eigenvalue weighted by atomic mass is 14.7. The maximum atomic E-state index is 4.63. The van der Waals surface area contributed by atoms with E-state index >= 15 is 0 Å². The molecule has 5 aromatic carbocycles. The van der Waals surface area contributed by atoms with E-state index < -0.39 is 0 Å². The van der Waals surface area contributed by atoms with Gasteiger partial charge in [-0.15, -0.1) is 0 Å². The number of rotatable bonds is 3. The summed E-state index contributed by atoms with van der Waals surface area (Å²) in [7, 11) is 0. The molecule has 0 radical (unpaired) electrons. The summed E-state index contributed by atoms with van der Waals surface area (Å²) in [5.74, 6) is 0. The van der Waals surface area contributed by atoms with Gasteiger partial charge in [0, 0.05) is 24.2 Å². The highest BCUT2D eigenvalue weighted by Gasteiger charge is 2.15. The van der Waals surface area contributed by atoms with Gasteiger partial charge in [0.2, 0.25) is 0 Å². The van der Waals surface area contributed by atoms with Crippen LogP contribution in [-0.4, -0.2) is 9.97 Å². The lowest BCUT2D eigenvalue weighted by Crippen LogP contribution is -1.90. The Hall–Kier alpha value is -4.56. The summed E-state index contributed by atoms with van der Waals surface area (Å²) in [4.78, 5) is 8.76. The molecule has 2 heterocycles. The van der Waals surface area contributed by atoms with E-state index in [0.29, 0.717) is 0 Å². The first-order valence-electron chi connectivity index (χ1n) is 11.5. The maximum absolute atomic E-state index is 4.63. The molecule has 0 fully saturated rings. The predicted molar refractivity (Wildman–Crippen MR) is 142 cm³/mol. The molecule has 0 saturated carbocycles. The van der Waals surface area contributed by atoms with E-state index in [9.17, 15) is 0 Å². The molecule has 0 N–H and O–H groups in total. The fraction of sp³-hybridized carbons (Fsp3) is 0. The standard InChI is InChI=1S/C32H20N2/c1-2-18-34-30(3-1)27-13-9-25-10-14-28-26(12-8-24-11-15-29(27)32(25)31(24)28)23-6-4-21(5-7-23)22-16-19-33-20-17-22/h1-20H. The van der Waals surface area contributed by atoms with Gasteiger partial charge in [-0.25, -0.2) is 0 Å². The van der Waals surface area contributed by atoms with Crippen LogP contribution in [0.4, 0.5) is 0 Å². The molecule has 2 nitrogen and oxygen atoms in total. The third kappa shape index (κ3) is 2.89. The summed E-state index contributed by atoms with van der Waals surface area (Å²) in [5, 5.41) is 7.70. The average Bonchev–Trinajstić information content (AvgIpc) is 2.92. The van der Waals surface area contributed by atoms with E-state index in [0.717, 1.165) is 5.69 Å². The van der Waals surface area contributed by atoms with Gasteiger partial charge in [0.05, 0.1) is 5.69 Å². The van der Waals surface area contributed by atoms with E-state index in [4.69, 9.17) is 0 Å². The molecule has 0 aliphatic heterocycles. The van der Waals surface area contributed by atoms with Crippen molar-refractivity contribution in [2.45, 2.75) is 0 Å². The van der Waals surface area contributed by atoms with Gasteiger partial charge in [-0.3, -0.25) is 9.97 Å². The fourth-order valence-electron chi connectivity index (χ4n) is 5.18. The van der Waals surface area contributed by atoms with Gasteiger partial charge in [-0.05, 0) is 78.8 Å². The molecule has 7 aromatic rings. The fourth-order valence-corrected chi connectivity index (χ4v) is 5.18. The largest absolute Gasteiger partial charge is 0.265 e. The van der Waals surface area contributed by atoms with E-state index in [2.05, 4.69) is 88.8 Å². The van der Waals surface area contributed by atoms with Crippen molar-refractivity contribution in [3.63, 3.8) is 0 Å². The summed E-state index contributed by atoms with van der Waals surface area (Å²) in [6.07, 6.45) is 5.54. The molecular weight excluding hydrogens is 412 g/mol. The highest BCUT2D eigenvalue weighted by molar-refractivity contribution is 6.27. The van der Waals surface area contributed by atoms with Gasteiger partial charge in [0.1, 0.15) is 0 Å². The van der Waals surface area contributed by atoms with E-state index in [1.165, 1.54) is 60.1 Å². The number of aromatic nitrogens is 2. The molecule has 0 bridgehead atoms. The Labute approximate surface area is 197 Å². The molecule has 0 saturated heterocycles. The van der Waals surface area contributed by atoms with Crippen molar-refractivity contribution < 1.29 is 0 Å². The molecule has 2 heteroatoms. The molecule has 0 amide bonds. The first-order chi connectivity index (χ1) is 16.9. The SMILES string of the molecule is c1ccc(-c2ccc3ccc4c(-c5ccc(-c6ccncc6)cc5)ccc5ccc2c3c54)nc1.